The highest BCUT2D eigenvalue weighted by Crippen LogP contribution is 2.28. The molecule has 0 radical (unpaired) electrons. The lowest BCUT2D eigenvalue weighted by Crippen LogP contribution is -2.26. The van der Waals surface area contributed by atoms with E-state index in [0.29, 0.717) is 11.6 Å². The van der Waals surface area contributed by atoms with Gasteiger partial charge in [-0.3, -0.25) is 0 Å². The molecule has 0 aromatic heterocycles. The molecule has 0 aliphatic carbocycles. The zero-order valence-electron chi connectivity index (χ0n) is 10.6. The average molecular weight is 301 g/mol. The van der Waals surface area contributed by atoms with Crippen molar-refractivity contribution < 1.29 is 4.74 Å². The molecular weight excluding hydrogens is 280 g/mol. The van der Waals surface area contributed by atoms with Gasteiger partial charge in [0.15, 0.2) is 0 Å². The summed E-state index contributed by atoms with van der Waals surface area (Å²) in [5, 5.41) is 0.381. The van der Waals surface area contributed by atoms with Crippen LogP contribution in [0.1, 0.15) is 19.4 Å². The summed E-state index contributed by atoms with van der Waals surface area (Å²) >= 11 is 3.47. The Labute approximate surface area is 109 Å². The quantitative estimate of drug-likeness (QED) is 0.739. The molecule has 0 unspecified atom stereocenters. The number of benzene rings is 1. The zero-order chi connectivity index (χ0) is 12.2. The fraction of sp³-hybridized carbons (Fsp3) is 0.538. The van der Waals surface area contributed by atoms with Gasteiger partial charge < -0.3 is 4.74 Å². The van der Waals surface area contributed by atoms with Gasteiger partial charge in [0.25, 0.3) is 0 Å². The van der Waals surface area contributed by atoms with Crippen LogP contribution in [0.5, 0.6) is 0 Å². The minimum absolute atomic E-state index is 0.381. The second-order valence-corrected chi connectivity index (χ2v) is 10.1. The van der Waals surface area contributed by atoms with Crippen molar-refractivity contribution in [2.24, 2.45) is 0 Å². The van der Waals surface area contributed by atoms with Gasteiger partial charge in [-0.05, 0) is 22.7 Å². The topological polar surface area (TPSA) is 9.23 Å². The first-order chi connectivity index (χ1) is 7.42. The lowest BCUT2D eigenvalue weighted by Gasteiger charge is -2.27. The standard InChI is InChI=1S/C13H21BrOSi/c1-13(2,16(3)4)10-15-9-11-6-5-7-12(14)8-11/h5-8,16H,9-10H2,1-4H3. The average Bonchev–Trinajstić information content (AvgIpc) is 2.17. The van der Waals surface area contributed by atoms with Gasteiger partial charge in [-0.1, -0.05) is 55.0 Å². The molecule has 1 nitrogen and oxygen atoms in total. The van der Waals surface area contributed by atoms with Gasteiger partial charge in [-0.15, -0.1) is 0 Å². The van der Waals surface area contributed by atoms with Crippen LogP contribution in [0.4, 0.5) is 0 Å². The van der Waals surface area contributed by atoms with Gasteiger partial charge in [0.05, 0.1) is 6.61 Å². The molecular formula is C13H21BrOSi. The molecule has 1 aromatic rings. The summed E-state index contributed by atoms with van der Waals surface area (Å²) in [6, 6.07) is 8.30. The van der Waals surface area contributed by atoms with Gasteiger partial charge >= 0.3 is 0 Å². The number of hydrogen-bond acceptors (Lipinski definition) is 1. The molecule has 90 valence electrons. The second-order valence-electron chi connectivity index (χ2n) is 5.27. The van der Waals surface area contributed by atoms with E-state index in [-0.39, 0.29) is 0 Å². The minimum atomic E-state index is -0.649. The number of halogens is 1. The first kappa shape index (κ1) is 13.9. The van der Waals surface area contributed by atoms with Crippen LogP contribution in [0.25, 0.3) is 0 Å². The monoisotopic (exact) mass is 300 g/mol. The summed E-state index contributed by atoms with van der Waals surface area (Å²) in [5.74, 6) is 0. The van der Waals surface area contributed by atoms with Crippen LogP contribution >= 0.6 is 15.9 Å². The van der Waals surface area contributed by atoms with E-state index in [1.54, 1.807) is 0 Å². The Kier molecular flexibility index (Phi) is 5.22. The Hall–Kier alpha value is -0.123. The lowest BCUT2D eigenvalue weighted by atomic mass is 10.2. The van der Waals surface area contributed by atoms with E-state index < -0.39 is 8.80 Å². The highest BCUT2D eigenvalue weighted by Gasteiger charge is 2.23. The summed E-state index contributed by atoms with van der Waals surface area (Å²) in [4.78, 5) is 0. The number of rotatable bonds is 5. The van der Waals surface area contributed by atoms with Crippen molar-refractivity contribution in [1.29, 1.82) is 0 Å². The van der Waals surface area contributed by atoms with Gasteiger partial charge in [0, 0.05) is 19.9 Å². The molecule has 0 heterocycles. The third kappa shape index (κ3) is 4.40. The molecule has 0 aliphatic rings. The SMILES string of the molecule is C[SiH](C)C(C)(C)COCc1cccc(Br)c1. The Bertz CT molecular complexity index is 336. The van der Waals surface area contributed by atoms with E-state index in [1.807, 2.05) is 12.1 Å². The maximum atomic E-state index is 5.81. The molecule has 1 rings (SSSR count). The predicted molar refractivity (Wildman–Crippen MR) is 76.7 cm³/mol. The van der Waals surface area contributed by atoms with Crippen molar-refractivity contribution in [3.05, 3.63) is 34.3 Å². The van der Waals surface area contributed by atoms with Crippen LogP contribution < -0.4 is 0 Å². The first-order valence-corrected chi connectivity index (χ1v) is 9.42. The Morgan fingerprint density at radius 2 is 2.00 bits per heavy atom. The summed E-state index contributed by atoms with van der Waals surface area (Å²) in [5.41, 5.74) is 1.23. The fourth-order valence-corrected chi connectivity index (χ4v) is 2.12. The first-order valence-electron chi connectivity index (χ1n) is 5.74. The molecule has 1 aromatic carbocycles. The largest absolute Gasteiger partial charge is 0.377 e. The molecule has 16 heavy (non-hydrogen) atoms. The van der Waals surface area contributed by atoms with E-state index in [1.165, 1.54) is 5.56 Å². The summed E-state index contributed by atoms with van der Waals surface area (Å²) in [6.45, 7) is 11.0. The molecule has 0 fully saturated rings. The molecule has 0 amide bonds. The van der Waals surface area contributed by atoms with Gasteiger partial charge in [-0.25, -0.2) is 0 Å². The van der Waals surface area contributed by atoms with E-state index in [0.717, 1.165) is 11.1 Å². The maximum Gasteiger partial charge on any atom is 0.0717 e. The molecule has 0 N–H and O–H groups in total. The number of hydrogen-bond donors (Lipinski definition) is 0. The molecule has 0 saturated carbocycles. The van der Waals surface area contributed by atoms with E-state index >= 15 is 0 Å². The van der Waals surface area contributed by atoms with Gasteiger partial charge in [0.1, 0.15) is 0 Å². The van der Waals surface area contributed by atoms with Crippen molar-refractivity contribution in [1.82, 2.24) is 0 Å². The molecule has 0 bridgehead atoms. The summed E-state index contributed by atoms with van der Waals surface area (Å²) < 4.78 is 6.93. The highest BCUT2D eigenvalue weighted by atomic mass is 79.9. The van der Waals surface area contributed by atoms with Crippen molar-refractivity contribution in [3.63, 3.8) is 0 Å². The zero-order valence-corrected chi connectivity index (χ0v) is 13.3. The smallest absolute Gasteiger partial charge is 0.0717 e. The summed E-state index contributed by atoms with van der Waals surface area (Å²) in [6.07, 6.45) is 0. The molecule has 0 aliphatic heterocycles. The molecule has 0 atom stereocenters. The van der Waals surface area contributed by atoms with Gasteiger partial charge in [-0.2, -0.15) is 0 Å². The lowest BCUT2D eigenvalue weighted by molar-refractivity contribution is 0.101. The van der Waals surface area contributed by atoms with E-state index in [2.05, 4.69) is 55.0 Å². The van der Waals surface area contributed by atoms with Crippen LogP contribution in [0.2, 0.25) is 18.1 Å². The van der Waals surface area contributed by atoms with Crippen molar-refractivity contribution in [2.75, 3.05) is 6.61 Å². The molecule has 3 heteroatoms. The fourth-order valence-electron chi connectivity index (χ4n) is 1.23. The molecule has 0 spiro atoms. The third-order valence-corrected chi connectivity index (χ3v) is 6.98. The highest BCUT2D eigenvalue weighted by molar-refractivity contribution is 9.10. The van der Waals surface area contributed by atoms with E-state index in [9.17, 15) is 0 Å². The van der Waals surface area contributed by atoms with Crippen molar-refractivity contribution >= 4 is 24.7 Å². The van der Waals surface area contributed by atoms with Gasteiger partial charge in [0.2, 0.25) is 0 Å². The Balaban J connectivity index is 2.42. The normalized spacial score (nSPS) is 12.1. The van der Waals surface area contributed by atoms with Crippen LogP contribution in [0.15, 0.2) is 28.7 Å². The molecule has 0 saturated heterocycles. The maximum absolute atomic E-state index is 5.81. The van der Waals surface area contributed by atoms with Crippen LogP contribution in [0, 0.1) is 0 Å². The third-order valence-electron chi connectivity index (χ3n) is 3.19. The Morgan fingerprint density at radius 3 is 2.56 bits per heavy atom. The number of ether oxygens (including phenoxy) is 1. The predicted octanol–water partition coefficient (Wildman–Crippen LogP) is 4.23. The van der Waals surface area contributed by atoms with Crippen molar-refractivity contribution in [2.45, 2.75) is 38.6 Å². The van der Waals surface area contributed by atoms with Crippen LogP contribution in [-0.4, -0.2) is 15.4 Å². The Morgan fingerprint density at radius 1 is 1.31 bits per heavy atom. The minimum Gasteiger partial charge on any atom is -0.377 e. The summed E-state index contributed by atoms with van der Waals surface area (Å²) in [7, 11) is -0.649. The van der Waals surface area contributed by atoms with E-state index in [4.69, 9.17) is 4.74 Å². The second kappa shape index (κ2) is 5.99. The van der Waals surface area contributed by atoms with Crippen LogP contribution in [0.3, 0.4) is 0 Å². The van der Waals surface area contributed by atoms with Crippen LogP contribution in [-0.2, 0) is 11.3 Å². The van der Waals surface area contributed by atoms with Crippen molar-refractivity contribution in [3.8, 4) is 0 Å².